The molecule has 0 aliphatic rings. The number of anilines is 1. The first-order valence-electron chi connectivity index (χ1n) is 12.3. The van der Waals surface area contributed by atoms with Gasteiger partial charge in [-0.1, -0.05) is 47.3 Å². The van der Waals surface area contributed by atoms with E-state index in [1.54, 1.807) is 43.5 Å². The Labute approximate surface area is 231 Å². The molecule has 0 saturated heterocycles. The van der Waals surface area contributed by atoms with E-state index in [0.29, 0.717) is 23.5 Å². The zero-order chi connectivity index (χ0) is 26.7. The third kappa shape index (κ3) is 7.43. The summed E-state index contributed by atoms with van der Waals surface area (Å²) in [4.78, 5) is 22.6. The second kappa shape index (κ2) is 14.3. The maximum Gasteiger partial charge on any atom is 0.251 e. The lowest BCUT2D eigenvalue weighted by Crippen LogP contribution is -2.24. The standard InChI is InChI=1S/C27H27N9O2.ClH/c1-38-21-11-13-24-23(17-21)26(22-12-10-20(34-36-29)16-25(22)32-24)30-14-4-2-3-5-15-31-27(37)18-6-8-19(9-7-18)33-35-28;/h6-13,16-17H,2-5,14-15H2,1H3,(H,30,32)(H,31,37);1H. The summed E-state index contributed by atoms with van der Waals surface area (Å²) >= 11 is 0. The molecule has 11 nitrogen and oxygen atoms in total. The maximum atomic E-state index is 12.3. The number of ether oxygens (including phenoxy) is 1. The van der Waals surface area contributed by atoms with E-state index >= 15 is 0 Å². The zero-order valence-corrected chi connectivity index (χ0v) is 22.2. The molecule has 0 aliphatic carbocycles. The molecule has 0 fully saturated rings. The third-order valence-corrected chi connectivity index (χ3v) is 6.11. The summed E-state index contributed by atoms with van der Waals surface area (Å²) in [5, 5.41) is 15.6. The number of methoxy groups -OCH3 is 1. The molecule has 4 aromatic rings. The smallest absolute Gasteiger partial charge is 0.251 e. The van der Waals surface area contributed by atoms with Crippen LogP contribution < -0.4 is 15.4 Å². The fraction of sp³-hybridized carbons (Fsp3) is 0.259. The first kappa shape index (κ1) is 28.9. The highest BCUT2D eigenvalue weighted by Crippen LogP contribution is 2.34. The lowest BCUT2D eigenvalue weighted by molar-refractivity contribution is 0.0953. The number of halogens is 1. The molecule has 0 spiro atoms. The van der Waals surface area contributed by atoms with Gasteiger partial charge in [0, 0.05) is 50.6 Å². The third-order valence-electron chi connectivity index (χ3n) is 6.11. The van der Waals surface area contributed by atoms with E-state index in [9.17, 15) is 4.79 Å². The number of aromatic nitrogens is 1. The number of carbonyl (C=O) groups excluding carboxylic acids is 1. The molecule has 1 amide bonds. The molecule has 2 N–H and O–H groups in total. The number of carbonyl (C=O) groups is 1. The van der Waals surface area contributed by atoms with Crippen LogP contribution in [0.2, 0.25) is 0 Å². The van der Waals surface area contributed by atoms with Crippen molar-refractivity contribution in [1.29, 1.82) is 0 Å². The molecule has 1 heterocycles. The van der Waals surface area contributed by atoms with Crippen molar-refractivity contribution in [2.45, 2.75) is 25.7 Å². The number of hydrogen-bond donors (Lipinski definition) is 2. The van der Waals surface area contributed by atoms with Gasteiger partial charge in [-0.2, -0.15) is 0 Å². The number of fused-ring (bicyclic) bond motifs is 2. The van der Waals surface area contributed by atoms with Crippen molar-refractivity contribution in [3.05, 3.63) is 87.1 Å². The molecule has 39 heavy (non-hydrogen) atoms. The van der Waals surface area contributed by atoms with Crippen LogP contribution in [0.25, 0.3) is 42.7 Å². The number of unbranched alkanes of at least 4 members (excludes halogenated alkanes) is 3. The second-order valence-corrected chi connectivity index (χ2v) is 8.59. The quantitative estimate of drug-likeness (QED) is 0.0604. The maximum absolute atomic E-state index is 12.3. The van der Waals surface area contributed by atoms with Crippen LogP contribution in [0.5, 0.6) is 5.75 Å². The van der Waals surface area contributed by atoms with Crippen LogP contribution in [-0.4, -0.2) is 31.1 Å². The van der Waals surface area contributed by atoms with Gasteiger partial charge in [0.25, 0.3) is 5.91 Å². The zero-order valence-electron chi connectivity index (χ0n) is 21.4. The van der Waals surface area contributed by atoms with Crippen molar-refractivity contribution in [1.82, 2.24) is 10.3 Å². The summed E-state index contributed by atoms with van der Waals surface area (Å²) in [6.45, 7) is 1.37. The van der Waals surface area contributed by atoms with Crippen LogP contribution in [0.1, 0.15) is 36.0 Å². The SMILES string of the molecule is COc1ccc2nc3cc(N=[N+]=[N-])ccc3c(NCCCCCCNC(=O)c3ccc(N=[N+]=[N-])cc3)c2c1.Cl. The first-order chi connectivity index (χ1) is 18.6. The van der Waals surface area contributed by atoms with Gasteiger partial charge in [0.05, 0.1) is 23.8 Å². The lowest BCUT2D eigenvalue weighted by Gasteiger charge is -2.14. The Bertz CT molecular complexity index is 1550. The Morgan fingerprint density at radius 3 is 2.26 bits per heavy atom. The molecule has 200 valence electrons. The summed E-state index contributed by atoms with van der Waals surface area (Å²) in [5.74, 6) is 0.607. The van der Waals surface area contributed by atoms with Crippen molar-refractivity contribution in [2.75, 3.05) is 25.5 Å². The molecule has 0 aliphatic heterocycles. The number of nitrogens with zero attached hydrogens (tertiary/aromatic N) is 7. The number of rotatable bonds is 12. The van der Waals surface area contributed by atoms with Gasteiger partial charge < -0.3 is 15.4 Å². The second-order valence-electron chi connectivity index (χ2n) is 8.59. The molecule has 4 rings (SSSR count). The minimum atomic E-state index is -0.144. The lowest BCUT2D eigenvalue weighted by atomic mass is 10.1. The Kier molecular flexibility index (Phi) is 10.6. The topological polar surface area (TPSA) is 161 Å². The predicted molar refractivity (Wildman–Crippen MR) is 156 cm³/mol. The summed E-state index contributed by atoms with van der Waals surface area (Å²) < 4.78 is 5.42. The molecule has 0 atom stereocenters. The van der Waals surface area contributed by atoms with E-state index in [0.717, 1.165) is 65.5 Å². The molecule has 1 aromatic heterocycles. The van der Waals surface area contributed by atoms with Gasteiger partial charge >= 0.3 is 0 Å². The van der Waals surface area contributed by atoms with Crippen molar-refractivity contribution in [3.8, 4) is 5.75 Å². The monoisotopic (exact) mass is 545 g/mol. The molecule has 3 aromatic carbocycles. The molecular formula is C27H28ClN9O2. The molecule has 0 saturated carbocycles. The number of hydrogen-bond acceptors (Lipinski definition) is 6. The fourth-order valence-electron chi connectivity index (χ4n) is 4.19. The van der Waals surface area contributed by atoms with E-state index in [1.807, 2.05) is 24.3 Å². The minimum absolute atomic E-state index is 0. The Morgan fingerprint density at radius 2 is 1.54 bits per heavy atom. The van der Waals surface area contributed by atoms with Gasteiger partial charge in [-0.05, 0) is 60.3 Å². The summed E-state index contributed by atoms with van der Waals surface area (Å²) in [6.07, 6.45) is 3.83. The highest BCUT2D eigenvalue weighted by molar-refractivity contribution is 6.08. The van der Waals surface area contributed by atoms with Crippen LogP contribution in [0, 0.1) is 0 Å². The van der Waals surface area contributed by atoms with Crippen LogP contribution in [0.4, 0.5) is 17.1 Å². The van der Waals surface area contributed by atoms with E-state index in [2.05, 4.69) is 30.7 Å². The van der Waals surface area contributed by atoms with Gasteiger partial charge in [0.2, 0.25) is 0 Å². The van der Waals surface area contributed by atoms with Gasteiger partial charge in [-0.3, -0.25) is 4.79 Å². The summed E-state index contributed by atoms with van der Waals surface area (Å²) in [6, 6.07) is 17.8. The van der Waals surface area contributed by atoms with Crippen molar-refractivity contribution in [2.24, 2.45) is 10.2 Å². The highest BCUT2D eigenvalue weighted by atomic mass is 35.5. The Balaban J connectivity index is 0.00000420. The van der Waals surface area contributed by atoms with Gasteiger partial charge in [0.1, 0.15) is 5.75 Å². The number of pyridine rings is 1. The molecule has 0 unspecified atom stereocenters. The van der Waals surface area contributed by atoms with Gasteiger partial charge in [0.15, 0.2) is 0 Å². The number of azide groups is 2. The van der Waals surface area contributed by atoms with E-state index in [1.165, 1.54) is 0 Å². The average molecular weight is 546 g/mol. The van der Waals surface area contributed by atoms with Crippen LogP contribution >= 0.6 is 12.4 Å². The predicted octanol–water partition coefficient (Wildman–Crippen LogP) is 8.10. The van der Waals surface area contributed by atoms with Crippen molar-refractivity contribution < 1.29 is 9.53 Å². The molecule has 0 bridgehead atoms. The summed E-state index contributed by atoms with van der Waals surface area (Å²) in [7, 11) is 1.64. The Morgan fingerprint density at radius 1 is 0.846 bits per heavy atom. The van der Waals surface area contributed by atoms with Crippen molar-refractivity contribution >= 4 is 57.2 Å². The number of nitrogens with one attached hydrogen (secondary N) is 2. The van der Waals surface area contributed by atoms with Crippen LogP contribution in [0.3, 0.4) is 0 Å². The molecular weight excluding hydrogens is 518 g/mol. The summed E-state index contributed by atoms with van der Waals surface area (Å²) in [5.41, 5.74) is 21.3. The van der Waals surface area contributed by atoms with Gasteiger partial charge in [-0.25, -0.2) is 4.98 Å². The van der Waals surface area contributed by atoms with E-state index < -0.39 is 0 Å². The molecule has 12 heteroatoms. The van der Waals surface area contributed by atoms with E-state index in [4.69, 9.17) is 20.8 Å². The molecule has 0 radical (unpaired) electrons. The fourth-order valence-corrected chi connectivity index (χ4v) is 4.19. The van der Waals surface area contributed by atoms with Gasteiger partial charge in [-0.15, -0.1) is 12.4 Å². The van der Waals surface area contributed by atoms with Crippen LogP contribution in [-0.2, 0) is 0 Å². The van der Waals surface area contributed by atoms with Crippen LogP contribution in [0.15, 0.2) is 70.9 Å². The number of benzene rings is 3. The largest absolute Gasteiger partial charge is 0.497 e. The first-order valence-corrected chi connectivity index (χ1v) is 12.3. The highest BCUT2D eigenvalue weighted by Gasteiger charge is 2.11. The number of amides is 1. The van der Waals surface area contributed by atoms with E-state index in [-0.39, 0.29) is 18.3 Å². The average Bonchev–Trinajstić information content (AvgIpc) is 2.94. The minimum Gasteiger partial charge on any atom is -0.497 e. The van der Waals surface area contributed by atoms with Crippen molar-refractivity contribution in [3.63, 3.8) is 0 Å². The Hall–Kier alpha value is -4.69. The normalized spacial score (nSPS) is 10.2.